The maximum Gasteiger partial charge on any atom is 0.318 e. The molecule has 1 aromatic heterocycles. The molecular weight excluding hydrogens is 765 g/mol. The minimum absolute atomic E-state index is 0.0428. The number of benzene rings is 1. The lowest BCUT2D eigenvalue weighted by atomic mass is 9.96. The predicted molar refractivity (Wildman–Crippen MR) is 212 cm³/mol. The molecule has 0 radical (unpaired) electrons. The highest BCUT2D eigenvalue weighted by Gasteiger charge is 2.62. The summed E-state index contributed by atoms with van der Waals surface area (Å²) >= 11 is 0. The topological polar surface area (TPSA) is 186 Å². The van der Waals surface area contributed by atoms with Crippen LogP contribution in [-0.2, 0) is 29.1 Å². The number of carbonyl (C=O) groups excluding carboxylic acids is 4. The minimum Gasteiger partial charge on any atom is -0.497 e. The molecule has 58 heavy (non-hydrogen) atoms. The smallest absolute Gasteiger partial charge is 0.318 e. The second kappa shape index (κ2) is 15.3. The second-order valence-electron chi connectivity index (χ2n) is 17.5. The van der Waals surface area contributed by atoms with Crippen LogP contribution < -0.4 is 24.8 Å². The summed E-state index contributed by atoms with van der Waals surface area (Å²) in [6.45, 7) is 5.45. The van der Waals surface area contributed by atoms with Crippen LogP contribution in [0.1, 0.15) is 88.5 Å². The van der Waals surface area contributed by atoms with Crippen molar-refractivity contribution in [3.05, 3.63) is 42.5 Å². The van der Waals surface area contributed by atoms with Gasteiger partial charge in [-0.15, -0.1) is 6.58 Å². The third-order valence-electron chi connectivity index (χ3n) is 13.6. The fourth-order valence-corrected chi connectivity index (χ4v) is 11.2. The lowest BCUT2D eigenvalue weighted by Gasteiger charge is -2.33. The predicted octanol–water partition coefficient (Wildman–Crippen LogP) is 3.52. The summed E-state index contributed by atoms with van der Waals surface area (Å²) in [5.41, 5.74) is 0.142. The summed E-state index contributed by atoms with van der Waals surface area (Å²) in [5.74, 6) is -0.674. The zero-order valence-corrected chi connectivity index (χ0v) is 33.8. The molecule has 5 amide bonds. The number of methoxy groups -OCH3 is 1. The highest BCUT2D eigenvalue weighted by Crippen LogP contribution is 2.53. The van der Waals surface area contributed by atoms with Crippen LogP contribution in [0, 0.1) is 17.8 Å². The molecule has 1 aromatic carbocycles. The average Bonchev–Trinajstić information content (AvgIpc) is 4.17. The van der Waals surface area contributed by atoms with Crippen LogP contribution in [0.4, 0.5) is 4.79 Å². The molecule has 312 valence electrons. The number of hydrogen-bond donors (Lipinski definition) is 3. The molecule has 0 spiro atoms. The highest BCUT2D eigenvalue weighted by atomic mass is 32.2. The molecule has 6 fully saturated rings. The first kappa shape index (κ1) is 39.0. The van der Waals surface area contributed by atoms with Crippen LogP contribution in [0.15, 0.2) is 36.9 Å². The standard InChI is InChI=1S/C42H54N6O9S/c1-3-27-21-42(27,40(51)46-58(53,54)31-12-13-31)45-37(49)35-20-30-23-48(35)39(50)36(24-7-4-5-8-24)44-41(52)47-15-14-29(22-47)56-16-6-9-25-17-32(25)33-18-26-10-11-28(55-2)19-34(26)43-38(33)57-30/h3,10-11,18-19,24-25,27,29-32,35-36H,1,4-9,12-17,20-23H2,2H3,(H,44,52)(H,45,49)(H,46,51)/t25?,27?,29-,30+,32?,35-,36-,42+/m0/s1. The largest absolute Gasteiger partial charge is 0.497 e. The number of nitrogens with one attached hydrogen (secondary N) is 3. The van der Waals surface area contributed by atoms with Gasteiger partial charge in [-0.05, 0) is 93.7 Å². The summed E-state index contributed by atoms with van der Waals surface area (Å²) in [6, 6.07) is 5.57. The summed E-state index contributed by atoms with van der Waals surface area (Å²) in [7, 11) is -2.29. The fraction of sp³-hybridized carbons (Fsp3) is 0.643. The van der Waals surface area contributed by atoms with Crippen molar-refractivity contribution in [2.75, 3.05) is 33.4 Å². The zero-order valence-electron chi connectivity index (χ0n) is 33.0. The van der Waals surface area contributed by atoms with Gasteiger partial charge in [-0.3, -0.25) is 19.1 Å². The SMILES string of the molecule is C=CC1C[C@]1(NC(=O)[C@@H]1C[C@@H]2CN1C(=O)[C@H](C1CCCC1)NC(=O)N1CC[C@@H](C1)OCCCC1CC1c1cc3ccc(OC)cc3nc1O2)C(=O)NS(=O)(=O)C1CC1. The van der Waals surface area contributed by atoms with Crippen molar-refractivity contribution >= 4 is 44.7 Å². The lowest BCUT2D eigenvalue weighted by Crippen LogP contribution is -2.59. The van der Waals surface area contributed by atoms with Crippen LogP contribution in [0.2, 0.25) is 0 Å². The van der Waals surface area contributed by atoms with E-state index in [-0.39, 0.29) is 49.3 Å². The maximum absolute atomic E-state index is 15.0. The van der Waals surface area contributed by atoms with E-state index >= 15 is 0 Å². The van der Waals surface area contributed by atoms with E-state index in [1.165, 1.54) is 4.90 Å². The number of urea groups is 1. The van der Waals surface area contributed by atoms with Crippen molar-refractivity contribution in [1.29, 1.82) is 0 Å². The number of sulfonamides is 1. The molecule has 3 aliphatic heterocycles. The Morgan fingerprint density at radius 1 is 1.02 bits per heavy atom. The quantitative estimate of drug-likeness (QED) is 0.333. The van der Waals surface area contributed by atoms with Crippen molar-refractivity contribution < 1.29 is 41.8 Å². The first-order chi connectivity index (χ1) is 28.0. The average molecular weight is 819 g/mol. The molecule has 2 saturated heterocycles. The monoisotopic (exact) mass is 818 g/mol. The van der Waals surface area contributed by atoms with Gasteiger partial charge in [-0.2, -0.15) is 0 Å². The number of aromatic nitrogens is 1. The van der Waals surface area contributed by atoms with E-state index < -0.39 is 56.7 Å². The van der Waals surface area contributed by atoms with E-state index in [9.17, 15) is 27.6 Å². The number of amides is 5. The normalized spacial score (nSPS) is 32.8. The number of ether oxygens (including phenoxy) is 3. The van der Waals surface area contributed by atoms with E-state index in [4.69, 9.17) is 19.2 Å². The van der Waals surface area contributed by atoms with Gasteiger partial charge in [0.1, 0.15) is 29.5 Å². The number of nitrogens with zero attached hydrogens (tertiary/aromatic N) is 3. The van der Waals surface area contributed by atoms with Crippen LogP contribution in [-0.4, -0.2) is 115 Å². The van der Waals surface area contributed by atoms with Crippen molar-refractivity contribution in [3.8, 4) is 11.6 Å². The Morgan fingerprint density at radius 3 is 2.55 bits per heavy atom. The Labute approximate surface area is 339 Å². The molecule has 4 saturated carbocycles. The second-order valence-corrected chi connectivity index (χ2v) is 19.5. The first-order valence-corrected chi connectivity index (χ1v) is 22.6. The molecule has 3 unspecified atom stereocenters. The van der Waals surface area contributed by atoms with Gasteiger partial charge in [0, 0.05) is 49.1 Å². The molecule has 16 heteroatoms. The highest BCUT2D eigenvalue weighted by molar-refractivity contribution is 7.91. The van der Waals surface area contributed by atoms with Crippen LogP contribution >= 0.6 is 0 Å². The summed E-state index contributed by atoms with van der Waals surface area (Å²) < 4.78 is 46.4. The number of hydrogen-bond acceptors (Lipinski definition) is 10. The maximum atomic E-state index is 15.0. The van der Waals surface area contributed by atoms with Gasteiger partial charge >= 0.3 is 6.03 Å². The third kappa shape index (κ3) is 7.62. The van der Waals surface area contributed by atoms with Gasteiger partial charge in [0.2, 0.25) is 27.7 Å². The number of rotatable bonds is 8. The molecule has 4 heterocycles. The van der Waals surface area contributed by atoms with Crippen LogP contribution in [0.5, 0.6) is 11.6 Å². The molecule has 3 N–H and O–H groups in total. The Kier molecular flexibility index (Phi) is 10.3. The van der Waals surface area contributed by atoms with Crippen molar-refractivity contribution in [3.63, 3.8) is 0 Å². The molecule has 4 bridgehead atoms. The Morgan fingerprint density at radius 2 is 1.81 bits per heavy atom. The van der Waals surface area contributed by atoms with E-state index in [0.717, 1.165) is 62.3 Å². The fourth-order valence-electron chi connectivity index (χ4n) is 9.85. The van der Waals surface area contributed by atoms with E-state index in [1.807, 2.05) is 18.2 Å². The van der Waals surface area contributed by atoms with Gasteiger partial charge in [0.15, 0.2) is 0 Å². The minimum atomic E-state index is -3.89. The summed E-state index contributed by atoms with van der Waals surface area (Å²) in [4.78, 5) is 65.3. The van der Waals surface area contributed by atoms with Crippen LogP contribution in [0.3, 0.4) is 0 Å². The van der Waals surface area contributed by atoms with E-state index in [0.29, 0.717) is 55.6 Å². The molecule has 2 aromatic rings. The lowest BCUT2D eigenvalue weighted by molar-refractivity contribution is -0.142. The molecule has 7 aliphatic rings. The number of fused-ring (bicyclic) bond motifs is 8. The molecule has 15 nitrogen and oxygen atoms in total. The molecular formula is C42H54N6O9S. The van der Waals surface area contributed by atoms with Crippen molar-refractivity contribution in [2.45, 2.75) is 118 Å². The van der Waals surface area contributed by atoms with Gasteiger partial charge in [-0.1, -0.05) is 18.9 Å². The van der Waals surface area contributed by atoms with Gasteiger partial charge in [0.05, 0.1) is 30.5 Å². The third-order valence-corrected chi connectivity index (χ3v) is 15.5. The van der Waals surface area contributed by atoms with Crippen molar-refractivity contribution in [1.82, 2.24) is 30.1 Å². The number of carbonyl (C=O) groups is 4. The molecule has 9 rings (SSSR count). The Hall–Kier alpha value is -4.44. The molecule has 8 atom stereocenters. The van der Waals surface area contributed by atoms with E-state index in [2.05, 4.69) is 28.0 Å². The van der Waals surface area contributed by atoms with Gasteiger partial charge in [-0.25, -0.2) is 18.2 Å². The van der Waals surface area contributed by atoms with Crippen LogP contribution in [0.25, 0.3) is 10.9 Å². The van der Waals surface area contributed by atoms with Gasteiger partial charge < -0.3 is 34.6 Å². The molecule has 4 aliphatic carbocycles. The Balaban J connectivity index is 1.06. The van der Waals surface area contributed by atoms with E-state index in [1.54, 1.807) is 18.1 Å². The summed E-state index contributed by atoms with van der Waals surface area (Å²) in [6.07, 6.45) is 8.93. The summed E-state index contributed by atoms with van der Waals surface area (Å²) in [5, 5.41) is 6.30. The van der Waals surface area contributed by atoms with Gasteiger partial charge in [0.25, 0.3) is 5.91 Å². The Bertz CT molecular complexity index is 2110. The van der Waals surface area contributed by atoms with Crippen molar-refractivity contribution in [2.24, 2.45) is 17.8 Å². The zero-order chi connectivity index (χ0) is 40.3. The first-order valence-electron chi connectivity index (χ1n) is 21.1. The number of pyridine rings is 1.